The van der Waals surface area contributed by atoms with E-state index < -0.39 is 0 Å². The summed E-state index contributed by atoms with van der Waals surface area (Å²) in [7, 11) is 2.05. The van der Waals surface area contributed by atoms with Gasteiger partial charge in [0.2, 0.25) is 11.8 Å². The molecule has 2 aliphatic rings. The Kier molecular flexibility index (Phi) is 5.19. The van der Waals surface area contributed by atoms with E-state index in [1.807, 2.05) is 0 Å². The third kappa shape index (κ3) is 4.49. The molecule has 1 heterocycles. The summed E-state index contributed by atoms with van der Waals surface area (Å²) in [6.07, 6.45) is 5.80. The summed E-state index contributed by atoms with van der Waals surface area (Å²) >= 11 is 0. The first-order valence-electron chi connectivity index (χ1n) is 7.41. The van der Waals surface area contributed by atoms with Crippen molar-refractivity contribution in [3.8, 4) is 0 Å². The summed E-state index contributed by atoms with van der Waals surface area (Å²) in [5.74, 6) is -0.128. The predicted molar refractivity (Wildman–Crippen MR) is 73.7 cm³/mol. The van der Waals surface area contributed by atoms with Crippen LogP contribution in [0.5, 0.6) is 0 Å². The highest BCUT2D eigenvalue weighted by Crippen LogP contribution is 2.17. The highest BCUT2D eigenvalue weighted by Gasteiger charge is 2.22. The van der Waals surface area contributed by atoms with Crippen molar-refractivity contribution in [2.24, 2.45) is 0 Å². The molecule has 1 saturated carbocycles. The summed E-state index contributed by atoms with van der Waals surface area (Å²) in [5.41, 5.74) is 0. The van der Waals surface area contributed by atoms with E-state index in [1.54, 1.807) is 4.90 Å². The van der Waals surface area contributed by atoms with E-state index in [0.717, 1.165) is 39.0 Å². The summed E-state index contributed by atoms with van der Waals surface area (Å²) in [6, 6.07) is 0.293. The van der Waals surface area contributed by atoms with Gasteiger partial charge in [0.15, 0.2) is 0 Å². The van der Waals surface area contributed by atoms with E-state index in [-0.39, 0.29) is 18.2 Å². The second-order valence-electron chi connectivity index (χ2n) is 5.76. The van der Waals surface area contributed by atoms with Crippen LogP contribution in [0.15, 0.2) is 0 Å². The molecule has 1 N–H and O–H groups in total. The van der Waals surface area contributed by atoms with Crippen LogP contribution in [0.25, 0.3) is 0 Å². The zero-order valence-electron chi connectivity index (χ0n) is 11.9. The van der Waals surface area contributed by atoms with Crippen molar-refractivity contribution in [1.29, 1.82) is 0 Å². The second-order valence-corrected chi connectivity index (χ2v) is 5.76. The molecular formula is C14H25N3O2. The standard InChI is InChI=1S/C14H25N3O2/c1-16-7-9-17(10-8-16)14(19)11-13(18)15-12-5-3-2-4-6-12/h12H,2-11H2,1H3,(H,15,18). The molecule has 0 aromatic carbocycles. The number of piperazine rings is 1. The predicted octanol–water partition coefficient (Wildman–Crippen LogP) is 0.599. The summed E-state index contributed by atoms with van der Waals surface area (Å²) < 4.78 is 0. The van der Waals surface area contributed by atoms with Crippen LogP contribution in [-0.4, -0.2) is 60.9 Å². The maximum Gasteiger partial charge on any atom is 0.232 e. The maximum atomic E-state index is 12.0. The van der Waals surface area contributed by atoms with E-state index in [1.165, 1.54) is 19.3 Å². The molecule has 1 aliphatic carbocycles. The highest BCUT2D eigenvalue weighted by atomic mass is 16.2. The van der Waals surface area contributed by atoms with E-state index in [0.29, 0.717) is 6.04 Å². The fourth-order valence-electron chi connectivity index (χ4n) is 2.83. The zero-order valence-corrected chi connectivity index (χ0v) is 11.9. The van der Waals surface area contributed by atoms with E-state index >= 15 is 0 Å². The number of amides is 2. The van der Waals surface area contributed by atoms with Crippen LogP contribution >= 0.6 is 0 Å². The van der Waals surface area contributed by atoms with Gasteiger partial charge in [-0.05, 0) is 19.9 Å². The Labute approximate surface area is 115 Å². The lowest BCUT2D eigenvalue weighted by Crippen LogP contribution is -2.48. The number of hydrogen-bond donors (Lipinski definition) is 1. The molecule has 5 heteroatoms. The van der Waals surface area contributed by atoms with Crippen molar-refractivity contribution in [2.45, 2.75) is 44.6 Å². The Morgan fingerprint density at radius 2 is 1.68 bits per heavy atom. The number of nitrogens with zero attached hydrogens (tertiary/aromatic N) is 2. The van der Waals surface area contributed by atoms with Crippen molar-refractivity contribution in [1.82, 2.24) is 15.1 Å². The van der Waals surface area contributed by atoms with Gasteiger partial charge >= 0.3 is 0 Å². The van der Waals surface area contributed by atoms with Gasteiger partial charge in [0.25, 0.3) is 0 Å². The fraction of sp³-hybridized carbons (Fsp3) is 0.857. The largest absolute Gasteiger partial charge is 0.353 e. The van der Waals surface area contributed by atoms with Gasteiger partial charge in [-0.3, -0.25) is 9.59 Å². The molecule has 2 fully saturated rings. The fourth-order valence-corrected chi connectivity index (χ4v) is 2.83. The lowest BCUT2D eigenvalue weighted by Gasteiger charge is -2.32. The van der Waals surface area contributed by atoms with Crippen LogP contribution in [-0.2, 0) is 9.59 Å². The third-order valence-electron chi connectivity index (χ3n) is 4.14. The van der Waals surface area contributed by atoms with Crippen LogP contribution in [0.2, 0.25) is 0 Å². The molecule has 2 amide bonds. The van der Waals surface area contributed by atoms with Crippen LogP contribution in [0, 0.1) is 0 Å². The van der Waals surface area contributed by atoms with Gasteiger partial charge in [-0.25, -0.2) is 0 Å². The van der Waals surface area contributed by atoms with E-state index in [2.05, 4.69) is 17.3 Å². The number of nitrogens with one attached hydrogen (secondary N) is 1. The Bertz CT molecular complexity index is 319. The first kappa shape index (κ1) is 14.3. The molecule has 108 valence electrons. The lowest BCUT2D eigenvalue weighted by atomic mass is 9.95. The van der Waals surface area contributed by atoms with Gasteiger partial charge in [0, 0.05) is 32.2 Å². The summed E-state index contributed by atoms with van der Waals surface area (Å²) in [4.78, 5) is 27.9. The molecule has 0 aromatic rings. The highest BCUT2D eigenvalue weighted by molar-refractivity contribution is 5.97. The number of rotatable bonds is 3. The number of likely N-dealkylation sites (N-methyl/N-ethyl adjacent to an activating group) is 1. The average molecular weight is 267 g/mol. The molecule has 0 unspecified atom stereocenters. The topological polar surface area (TPSA) is 52.7 Å². The minimum Gasteiger partial charge on any atom is -0.353 e. The molecule has 0 spiro atoms. The van der Waals surface area contributed by atoms with Crippen LogP contribution in [0.4, 0.5) is 0 Å². The summed E-state index contributed by atoms with van der Waals surface area (Å²) in [6.45, 7) is 3.28. The van der Waals surface area contributed by atoms with Crippen LogP contribution in [0.3, 0.4) is 0 Å². The van der Waals surface area contributed by atoms with Crippen molar-refractivity contribution in [2.75, 3.05) is 33.2 Å². The van der Waals surface area contributed by atoms with Gasteiger partial charge in [0.1, 0.15) is 6.42 Å². The van der Waals surface area contributed by atoms with E-state index in [9.17, 15) is 9.59 Å². The van der Waals surface area contributed by atoms with Gasteiger partial charge in [-0.2, -0.15) is 0 Å². The molecule has 0 bridgehead atoms. The van der Waals surface area contributed by atoms with Gasteiger partial charge < -0.3 is 15.1 Å². The number of carbonyl (C=O) groups excluding carboxylic acids is 2. The first-order chi connectivity index (χ1) is 9.15. The second kappa shape index (κ2) is 6.89. The zero-order chi connectivity index (χ0) is 13.7. The molecule has 0 atom stereocenters. The summed E-state index contributed by atoms with van der Waals surface area (Å²) in [5, 5.41) is 3.00. The van der Waals surface area contributed by atoms with Crippen molar-refractivity contribution >= 4 is 11.8 Å². The van der Waals surface area contributed by atoms with Gasteiger partial charge in [0.05, 0.1) is 0 Å². The Morgan fingerprint density at radius 3 is 2.32 bits per heavy atom. The minimum atomic E-state index is -0.101. The Morgan fingerprint density at radius 1 is 1.05 bits per heavy atom. The number of hydrogen-bond acceptors (Lipinski definition) is 3. The SMILES string of the molecule is CN1CCN(C(=O)CC(=O)NC2CCCCC2)CC1. The smallest absolute Gasteiger partial charge is 0.232 e. The molecule has 19 heavy (non-hydrogen) atoms. The molecule has 0 radical (unpaired) electrons. The quantitative estimate of drug-likeness (QED) is 0.762. The molecule has 0 aromatic heterocycles. The van der Waals surface area contributed by atoms with E-state index in [4.69, 9.17) is 0 Å². The number of carbonyl (C=O) groups is 2. The molecule has 1 saturated heterocycles. The van der Waals surface area contributed by atoms with Crippen molar-refractivity contribution in [3.63, 3.8) is 0 Å². The molecule has 2 rings (SSSR count). The normalized spacial score (nSPS) is 22.3. The van der Waals surface area contributed by atoms with Crippen LogP contribution < -0.4 is 5.32 Å². The van der Waals surface area contributed by atoms with Crippen molar-refractivity contribution < 1.29 is 9.59 Å². The van der Waals surface area contributed by atoms with Gasteiger partial charge in [-0.15, -0.1) is 0 Å². The lowest BCUT2D eigenvalue weighted by molar-refractivity contribution is -0.137. The Hall–Kier alpha value is -1.10. The average Bonchev–Trinajstić information content (AvgIpc) is 2.40. The van der Waals surface area contributed by atoms with Gasteiger partial charge in [-0.1, -0.05) is 19.3 Å². The molecule has 1 aliphatic heterocycles. The molecular weight excluding hydrogens is 242 g/mol. The van der Waals surface area contributed by atoms with Crippen LogP contribution in [0.1, 0.15) is 38.5 Å². The Balaban J connectivity index is 1.70. The first-order valence-corrected chi connectivity index (χ1v) is 7.41. The maximum absolute atomic E-state index is 12.0. The third-order valence-corrected chi connectivity index (χ3v) is 4.14. The monoisotopic (exact) mass is 267 g/mol. The minimum absolute atomic E-state index is 0.0141. The van der Waals surface area contributed by atoms with Crippen molar-refractivity contribution in [3.05, 3.63) is 0 Å². The molecule has 5 nitrogen and oxygen atoms in total.